The largest absolute Gasteiger partial charge is 0.477 e. The van der Waals surface area contributed by atoms with Gasteiger partial charge in [0.1, 0.15) is 5.69 Å². The normalized spacial score (nSPS) is 12.8. The highest BCUT2D eigenvalue weighted by atomic mass is 16.4. The van der Waals surface area contributed by atoms with Crippen molar-refractivity contribution in [3.8, 4) is 0 Å². The van der Waals surface area contributed by atoms with Crippen LogP contribution in [0, 0.1) is 0 Å². The Kier molecular flexibility index (Phi) is 2.47. The molecule has 12 heavy (non-hydrogen) atoms. The molecule has 4 nitrogen and oxygen atoms in total. The van der Waals surface area contributed by atoms with Crippen LogP contribution in [0.1, 0.15) is 36.8 Å². The number of rotatable bonds is 3. The van der Waals surface area contributed by atoms with Gasteiger partial charge in [0.2, 0.25) is 0 Å². The highest BCUT2D eigenvalue weighted by Crippen LogP contribution is 2.11. The second kappa shape index (κ2) is 3.38. The molecule has 0 aliphatic rings. The Balaban J connectivity index is 2.98. The van der Waals surface area contributed by atoms with Gasteiger partial charge in [-0.3, -0.25) is 4.68 Å². The molecule has 0 aliphatic carbocycles. The van der Waals surface area contributed by atoms with Crippen LogP contribution in [0.2, 0.25) is 0 Å². The molecule has 0 bridgehead atoms. The van der Waals surface area contributed by atoms with Gasteiger partial charge in [0.15, 0.2) is 0 Å². The van der Waals surface area contributed by atoms with E-state index < -0.39 is 5.97 Å². The molecule has 0 aromatic carbocycles. The molecule has 1 heterocycles. The number of carboxylic acid groups (broad SMARTS) is 1. The van der Waals surface area contributed by atoms with Crippen molar-refractivity contribution < 1.29 is 9.90 Å². The summed E-state index contributed by atoms with van der Waals surface area (Å²) >= 11 is 0. The van der Waals surface area contributed by atoms with Crippen LogP contribution in [0.3, 0.4) is 0 Å². The summed E-state index contributed by atoms with van der Waals surface area (Å²) < 4.78 is 1.53. The summed E-state index contributed by atoms with van der Waals surface area (Å²) in [7, 11) is 0. The molecule has 1 aromatic heterocycles. The Labute approximate surface area is 70.8 Å². The third-order valence-corrected chi connectivity index (χ3v) is 1.90. The zero-order valence-electron chi connectivity index (χ0n) is 7.19. The molecule has 0 radical (unpaired) electrons. The lowest BCUT2D eigenvalue weighted by Gasteiger charge is -2.10. The predicted octanol–water partition coefficient (Wildman–Crippen LogP) is 1.55. The highest BCUT2D eigenvalue weighted by Gasteiger charge is 2.13. The van der Waals surface area contributed by atoms with Gasteiger partial charge in [0.05, 0.1) is 0 Å². The van der Waals surface area contributed by atoms with Crippen LogP contribution in [0.5, 0.6) is 0 Å². The summed E-state index contributed by atoms with van der Waals surface area (Å²) in [4.78, 5) is 10.6. The number of aromatic carboxylic acids is 1. The second-order valence-electron chi connectivity index (χ2n) is 2.72. The zero-order chi connectivity index (χ0) is 9.14. The maximum atomic E-state index is 10.6. The lowest BCUT2D eigenvalue weighted by molar-refractivity contribution is 0.0680. The van der Waals surface area contributed by atoms with Gasteiger partial charge < -0.3 is 5.11 Å². The minimum atomic E-state index is -0.923. The van der Waals surface area contributed by atoms with E-state index in [4.69, 9.17) is 5.11 Å². The molecule has 1 aromatic rings. The fraction of sp³-hybridized carbons (Fsp3) is 0.500. The van der Waals surface area contributed by atoms with E-state index in [1.165, 1.54) is 16.9 Å². The lowest BCUT2D eigenvalue weighted by Crippen LogP contribution is -2.13. The standard InChI is InChI=1S/C8H12N2O2/c1-3-6(2)10-7(8(11)12)4-5-9-10/h4-6H,3H2,1-2H3,(H,11,12)/t6-/m0/s1. The summed E-state index contributed by atoms with van der Waals surface area (Å²) in [5, 5.41) is 12.7. The van der Waals surface area contributed by atoms with Crippen LogP contribution in [0.25, 0.3) is 0 Å². The van der Waals surface area contributed by atoms with Gasteiger partial charge in [-0.1, -0.05) is 6.92 Å². The fourth-order valence-corrected chi connectivity index (χ4v) is 1.01. The van der Waals surface area contributed by atoms with Crippen LogP contribution in [0.15, 0.2) is 12.3 Å². The number of hydrogen-bond donors (Lipinski definition) is 1. The molecular weight excluding hydrogens is 156 g/mol. The molecule has 66 valence electrons. The van der Waals surface area contributed by atoms with Gasteiger partial charge in [0.25, 0.3) is 0 Å². The average Bonchev–Trinajstić information content (AvgIpc) is 2.50. The van der Waals surface area contributed by atoms with Gasteiger partial charge in [-0.05, 0) is 19.4 Å². The Morgan fingerprint density at radius 3 is 3.00 bits per heavy atom. The van der Waals surface area contributed by atoms with Crippen LogP contribution >= 0.6 is 0 Å². The Hall–Kier alpha value is -1.32. The SMILES string of the molecule is CC[C@H](C)n1nccc1C(=O)O. The summed E-state index contributed by atoms with van der Waals surface area (Å²) in [6.45, 7) is 3.94. The van der Waals surface area contributed by atoms with E-state index in [-0.39, 0.29) is 11.7 Å². The first-order valence-corrected chi connectivity index (χ1v) is 3.93. The topological polar surface area (TPSA) is 55.1 Å². The van der Waals surface area contributed by atoms with Crippen LogP contribution in [-0.2, 0) is 0 Å². The molecule has 0 saturated carbocycles. The maximum Gasteiger partial charge on any atom is 0.354 e. The predicted molar refractivity (Wildman–Crippen MR) is 44.2 cm³/mol. The number of carbonyl (C=O) groups is 1. The number of carboxylic acids is 1. The molecule has 1 atom stereocenters. The van der Waals surface area contributed by atoms with Crippen LogP contribution in [-0.4, -0.2) is 20.9 Å². The van der Waals surface area contributed by atoms with E-state index in [1.54, 1.807) is 0 Å². The van der Waals surface area contributed by atoms with Crippen molar-refractivity contribution >= 4 is 5.97 Å². The minimum absolute atomic E-state index is 0.145. The van der Waals surface area contributed by atoms with E-state index in [1.807, 2.05) is 13.8 Å². The molecule has 0 fully saturated rings. The number of nitrogens with zero attached hydrogens (tertiary/aromatic N) is 2. The summed E-state index contributed by atoms with van der Waals surface area (Å²) in [6.07, 6.45) is 2.39. The monoisotopic (exact) mass is 168 g/mol. The van der Waals surface area contributed by atoms with Gasteiger partial charge in [-0.25, -0.2) is 4.79 Å². The van der Waals surface area contributed by atoms with Gasteiger partial charge >= 0.3 is 5.97 Å². The fourth-order valence-electron chi connectivity index (χ4n) is 1.01. The van der Waals surface area contributed by atoms with Crippen molar-refractivity contribution in [3.05, 3.63) is 18.0 Å². The van der Waals surface area contributed by atoms with Crippen molar-refractivity contribution in [1.29, 1.82) is 0 Å². The Bertz CT molecular complexity index is 280. The first kappa shape index (κ1) is 8.77. The number of aromatic nitrogens is 2. The van der Waals surface area contributed by atoms with Gasteiger partial charge in [0, 0.05) is 12.2 Å². The molecule has 1 N–H and O–H groups in total. The maximum absolute atomic E-state index is 10.6. The van der Waals surface area contributed by atoms with E-state index in [0.29, 0.717) is 0 Å². The summed E-state index contributed by atoms with van der Waals surface area (Å²) in [5.41, 5.74) is 0.254. The summed E-state index contributed by atoms with van der Waals surface area (Å²) in [5.74, 6) is -0.923. The van der Waals surface area contributed by atoms with Gasteiger partial charge in [-0.15, -0.1) is 0 Å². The first-order chi connectivity index (χ1) is 5.66. The van der Waals surface area contributed by atoms with Crippen LogP contribution < -0.4 is 0 Å². The third-order valence-electron chi connectivity index (χ3n) is 1.90. The molecule has 0 saturated heterocycles. The molecule has 1 rings (SSSR count). The van der Waals surface area contributed by atoms with E-state index in [0.717, 1.165) is 6.42 Å². The zero-order valence-corrected chi connectivity index (χ0v) is 7.19. The molecule has 0 unspecified atom stereocenters. The van der Waals surface area contributed by atoms with Crippen molar-refractivity contribution in [3.63, 3.8) is 0 Å². The Morgan fingerprint density at radius 1 is 1.83 bits per heavy atom. The van der Waals surface area contributed by atoms with Crippen molar-refractivity contribution in [2.24, 2.45) is 0 Å². The van der Waals surface area contributed by atoms with E-state index in [9.17, 15) is 4.79 Å². The van der Waals surface area contributed by atoms with Crippen molar-refractivity contribution in [1.82, 2.24) is 9.78 Å². The average molecular weight is 168 g/mol. The molecule has 4 heteroatoms. The molecule has 0 spiro atoms. The van der Waals surface area contributed by atoms with Crippen LogP contribution in [0.4, 0.5) is 0 Å². The van der Waals surface area contributed by atoms with Gasteiger partial charge in [-0.2, -0.15) is 5.10 Å². The minimum Gasteiger partial charge on any atom is -0.477 e. The first-order valence-electron chi connectivity index (χ1n) is 3.93. The van der Waals surface area contributed by atoms with Crippen molar-refractivity contribution in [2.75, 3.05) is 0 Å². The summed E-state index contributed by atoms with van der Waals surface area (Å²) in [6, 6.07) is 1.65. The molecule has 0 aliphatic heterocycles. The molecule has 0 amide bonds. The van der Waals surface area contributed by atoms with E-state index >= 15 is 0 Å². The van der Waals surface area contributed by atoms with E-state index in [2.05, 4.69) is 5.10 Å². The smallest absolute Gasteiger partial charge is 0.354 e. The quantitative estimate of drug-likeness (QED) is 0.745. The Morgan fingerprint density at radius 2 is 2.50 bits per heavy atom. The highest BCUT2D eigenvalue weighted by molar-refractivity contribution is 5.85. The van der Waals surface area contributed by atoms with Crippen molar-refractivity contribution in [2.45, 2.75) is 26.3 Å². The number of hydrogen-bond acceptors (Lipinski definition) is 2. The third kappa shape index (κ3) is 1.47. The second-order valence-corrected chi connectivity index (χ2v) is 2.72. The lowest BCUT2D eigenvalue weighted by atomic mass is 10.2. The molecular formula is C8H12N2O2.